The van der Waals surface area contributed by atoms with E-state index in [0.29, 0.717) is 0 Å². The van der Waals surface area contributed by atoms with Gasteiger partial charge in [0.25, 0.3) is 0 Å². The molecule has 7 heteroatoms. The van der Waals surface area contributed by atoms with Crippen LogP contribution >= 0.6 is 0 Å². The van der Waals surface area contributed by atoms with Crippen molar-refractivity contribution in [2.75, 3.05) is 23.3 Å². The van der Waals surface area contributed by atoms with Crippen LogP contribution in [0.2, 0.25) is 0 Å². The maximum absolute atomic E-state index is 12.9. The van der Waals surface area contributed by atoms with Crippen LogP contribution in [-0.2, 0) is 10.0 Å². The first-order chi connectivity index (χ1) is 6.73. The summed E-state index contributed by atoms with van der Waals surface area (Å²) in [6.07, 6.45) is 0.938. The number of nitrogens with two attached hydrogens (primary N) is 1. The monoisotopic (exact) mass is 236 g/mol. The highest BCUT2D eigenvalue weighted by Crippen LogP contribution is 2.26. The van der Waals surface area contributed by atoms with E-state index in [-0.39, 0.29) is 11.4 Å². The zero-order valence-corrected chi connectivity index (χ0v) is 8.98. The van der Waals surface area contributed by atoms with E-state index in [9.17, 15) is 17.2 Å². The first-order valence-electron chi connectivity index (χ1n) is 3.92. The van der Waals surface area contributed by atoms with Crippen molar-refractivity contribution in [2.24, 2.45) is 0 Å². The van der Waals surface area contributed by atoms with E-state index in [2.05, 4.69) is 0 Å². The molecule has 0 atom stereocenters. The van der Waals surface area contributed by atoms with E-state index in [1.807, 2.05) is 0 Å². The maximum atomic E-state index is 12.9. The van der Waals surface area contributed by atoms with E-state index in [1.165, 1.54) is 7.05 Å². The number of nitrogen functional groups attached to an aromatic ring is 1. The van der Waals surface area contributed by atoms with Crippen LogP contribution < -0.4 is 10.0 Å². The molecule has 0 aliphatic rings. The lowest BCUT2D eigenvalue weighted by atomic mass is 10.2. The Morgan fingerprint density at radius 2 is 1.73 bits per heavy atom. The molecule has 0 amide bonds. The van der Waals surface area contributed by atoms with Gasteiger partial charge in [0.05, 0.1) is 17.6 Å². The molecule has 1 rings (SSSR count). The molecule has 0 radical (unpaired) electrons. The summed E-state index contributed by atoms with van der Waals surface area (Å²) in [5, 5.41) is 0. The predicted octanol–water partition coefficient (Wildman–Crippen LogP) is 0.943. The molecule has 0 bridgehead atoms. The number of benzene rings is 1. The molecule has 0 aliphatic heterocycles. The average Bonchev–Trinajstić information content (AvgIpc) is 2.08. The zero-order valence-electron chi connectivity index (χ0n) is 8.16. The Morgan fingerprint density at radius 3 is 2.20 bits per heavy atom. The molecule has 4 nitrogen and oxygen atoms in total. The lowest BCUT2D eigenvalue weighted by Crippen LogP contribution is -2.26. The fraction of sp³-hybridized carbons (Fsp3) is 0.250. The van der Waals surface area contributed by atoms with E-state index in [0.717, 1.165) is 22.7 Å². The second-order valence-corrected chi connectivity index (χ2v) is 5.07. The normalized spacial score (nSPS) is 11.5. The van der Waals surface area contributed by atoms with E-state index in [4.69, 9.17) is 5.73 Å². The number of halogens is 2. The Morgan fingerprint density at radius 1 is 1.27 bits per heavy atom. The lowest BCUT2D eigenvalue weighted by Gasteiger charge is -2.18. The third-order valence-corrected chi connectivity index (χ3v) is 3.10. The first kappa shape index (κ1) is 11.7. The Bertz CT molecular complexity index is 488. The highest BCUT2D eigenvalue weighted by molar-refractivity contribution is 7.92. The number of anilines is 2. The van der Waals surface area contributed by atoms with Gasteiger partial charge in [-0.1, -0.05) is 0 Å². The van der Waals surface area contributed by atoms with Gasteiger partial charge in [-0.25, -0.2) is 17.2 Å². The highest BCUT2D eigenvalue weighted by atomic mass is 32.2. The van der Waals surface area contributed by atoms with Crippen LogP contribution in [0.15, 0.2) is 12.1 Å². The van der Waals surface area contributed by atoms with Crippen molar-refractivity contribution in [3.63, 3.8) is 0 Å². The number of hydrogen-bond acceptors (Lipinski definition) is 3. The van der Waals surface area contributed by atoms with Crippen molar-refractivity contribution in [3.05, 3.63) is 23.8 Å². The largest absolute Gasteiger partial charge is 0.397 e. The van der Waals surface area contributed by atoms with Gasteiger partial charge in [0.2, 0.25) is 10.0 Å². The Labute approximate surface area is 86.4 Å². The molecule has 0 unspecified atom stereocenters. The van der Waals surface area contributed by atoms with Gasteiger partial charge in [-0.2, -0.15) is 0 Å². The predicted molar refractivity (Wildman–Crippen MR) is 54.0 cm³/mol. The zero-order chi connectivity index (χ0) is 11.8. The van der Waals surface area contributed by atoms with Gasteiger partial charge in [-0.15, -0.1) is 0 Å². The minimum atomic E-state index is -3.54. The van der Waals surface area contributed by atoms with Crippen molar-refractivity contribution in [3.8, 4) is 0 Å². The third-order valence-electron chi connectivity index (χ3n) is 1.91. The number of hydrogen-bond donors (Lipinski definition) is 1. The van der Waals surface area contributed by atoms with Crippen LogP contribution in [-0.4, -0.2) is 21.7 Å². The molecule has 1 aromatic rings. The van der Waals surface area contributed by atoms with Gasteiger partial charge < -0.3 is 5.73 Å². The standard InChI is InChI=1S/C8H10F2N2O2S/c1-12(15(2,13)14)8-4-6(10)5(9)3-7(8)11/h3-4H,11H2,1-2H3. The van der Waals surface area contributed by atoms with E-state index < -0.39 is 21.7 Å². The van der Waals surface area contributed by atoms with E-state index in [1.54, 1.807) is 0 Å². The van der Waals surface area contributed by atoms with Gasteiger partial charge in [-0.05, 0) is 0 Å². The van der Waals surface area contributed by atoms with Crippen molar-refractivity contribution < 1.29 is 17.2 Å². The SMILES string of the molecule is CN(c1cc(F)c(F)cc1N)S(C)(=O)=O. The van der Waals surface area contributed by atoms with Crippen molar-refractivity contribution in [1.82, 2.24) is 0 Å². The summed E-state index contributed by atoms with van der Waals surface area (Å²) >= 11 is 0. The first-order valence-corrected chi connectivity index (χ1v) is 5.76. The lowest BCUT2D eigenvalue weighted by molar-refractivity contribution is 0.509. The molecule has 15 heavy (non-hydrogen) atoms. The summed E-state index contributed by atoms with van der Waals surface area (Å²) in [7, 11) is -2.34. The minimum absolute atomic E-state index is 0.0867. The van der Waals surface area contributed by atoms with Gasteiger partial charge >= 0.3 is 0 Å². The molecule has 0 saturated carbocycles. The van der Waals surface area contributed by atoms with Crippen LogP contribution in [0.1, 0.15) is 0 Å². The van der Waals surface area contributed by atoms with Crippen LogP contribution in [0, 0.1) is 11.6 Å². The van der Waals surface area contributed by atoms with Gasteiger partial charge in [-0.3, -0.25) is 4.31 Å². The molecule has 1 aromatic carbocycles. The van der Waals surface area contributed by atoms with Gasteiger partial charge in [0.1, 0.15) is 0 Å². The summed E-state index contributed by atoms with van der Waals surface area (Å²) in [5.41, 5.74) is 5.15. The molecule has 84 valence electrons. The highest BCUT2D eigenvalue weighted by Gasteiger charge is 2.17. The molecule has 0 fully saturated rings. The Hall–Kier alpha value is -1.37. The van der Waals surface area contributed by atoms with Gasteiger partial charge in [0.15, 0.2) is 11.6 Å². The number of rotatable bonds is 2. The number of nitrogens with zero attached hydrogens (tertiary/aromatic N) is 1. The molecule has 0 aromatic heterocycles. The second kappa shape index (κ2) is 3.65. The summed E-state index contributed by atoms with van der Waals surface area (Å²) in [4.78, 5) is 0. The van der Waals surface area contributed by atoms with Crippen molar-refractivity contribution in [1.29, 1.82) is 0 Å². The fourth-order valence-electron chi connectivity index (χ4n) is 1.00. The smallest absolute Gasteiger partial charge is 0.232 e. The molecule has 0 heterocycles. The molecular formula is C8H10F2N2O2S. The van der Waals surface area contributed by atoms with Gasteiger partial charge in [0, 0.05) is 19.2 Å². The van der Waals surface area contributed by atoms with Crippen LogP contribution in [0.5, 0.6) is 0 Å². The fourth-order valence-corrected chi connectivity index (χ4v) is 1.52. The Kier molecular flexibility index (Phi) is 2.85. The van der Waals surface area contributed by atoms with Crippen LogP contribution in [0.25, 0.3) is 0 Å². The van der Waals surface area contributed by atoms with Crippen LogP contribution in [0.4, 0.5) is 20.2 Å². The summed E-state index contributed by atoms with van der Waals surface area (Å²) < 4.78 is 48.6. The van der Waals surface area contributed by atoms with E-state index >= 15 is 0 Å². The quantitative estimate of drug-likeness (QED) is 0.777. The molecule has 0 saturated heterocycles. The maximum Gasteiger partial charge on any atom is 0.232 e. The molecule has 2 N–H and O–H groups in total. The molecular weight excluding hydrogens is 226 g/mol. The summed E-state index contributed by atoms with van der Waals surface area (Å²) in [5.74, 6) is -2.26. The van der Waals surface area contributed by atoms with Crippen molar-refractivity contribution in [2.45, 2.75) is 0 Å². The Balaban J connectivity index is 3.33. The second-order valence-electron chi connectivity index (χ2n) is 3.06. The van der Waals surface area contributed by atoms with Crippen LogP contribution in [0.3, 0.4) is 0 Å². The topological polar surface area (TPSA) is 63.4 Å². The minimum Gasteiger partial charge on any atom is -0.397 e. The third kappa shape index (κ3) is 2.35. The molecule has 0 aliphatic carbocycles. The average molecular weight is 236 g/mol. The number of sulfonamides is 1. The summed E-state index contributed by atoms with van der Waals surface area (Å²) in [6, 6.07) is 1.48. The molecule has 0 spiro atoms. The summed E-state index contributed by atoms with van der Waals surface area (Å²) in [6.45, 7) is 0. The van der Waals surface area contributed by atoms with Crippen molar-refractivity contribution >= 4 is 21.4 Å².